The highest BCUT2D eigenvalue weighted by Crippen LogP contribution is 2.33. The highest BCUT2D eigenvalue weighted by Gasteiger charge is 2.39. The van der Waals surface area contributed by atoms with E-state index in [0.29, 0.717) is 24.9 Å². The SMILES string of the molecule is Cc1ccccc1CN1CC[C@H]2[C@H](CCC(=O)N2Cc2ccc(F)cc2)C1. The Hall–Kier alpha value is -2.20. The van der Waals surface area contributed by atoms with E-state index in [9.17, 15) is 9.18 Å². The summed E-state index contributed by atoms with van der Waals surface area (Å²) in [6, 6.07) is 15.4. The fourth-order valence-electron chi connectivity index (χ4n) is 4.59. The molecule has 0 N–H and O–H groups in total. The molecule has 0 unspecified atom stereocenters. The number of hydrogen-bond acceptors (Lipinski definition) is 2. The van der Waals surface area contributed by atoms with Gasteiger partial charge in [0.15, 0.2) is 0 Å². The van der Waals surface area contributed by atoms with Crippen molar-refractivity contribution in [2.75, 3.05) is 13.1 Å². The molecule has 1 amide bonds. The number of carbonyl (C=O) groups excluding carboxylic acids is 1. The minimum atomic E-state index is -0.230. The molecule has 27 heavy (non-hydrogen) atoms. The number of hydrogen-bond donors (Lipinski definition) is 0. The van der Waals surface area contributed by atoms with Crippen LogP contribution in [0, 0.1) is 18.7 Å². The van der Waals surface area contributed by atoms with Gasteiger partial charge in [0.05, 0.1) is 0 Å². The Kier molecular flexibility index (Phi) is 5.26. The zero-order valence-corrected chi connectivity index (χ0v) is 15.9. The molecule has 142 valence electrons. The molecule has 0 bridgehead atoms. The zero-order chi connectivity index (χ0) is 18.8. The molecule has 0 aromatic heterocycles. The molecule has 0 radical (unpaired) electrons. The van der Waals surface area contributed by atoms with E-state index in [1.54, 1.807) is 12.1 Å². The van der Waals surface area contributed by atoms with Crippen LogP contribution < -0.4 is 0 Å². The summed E-state index contributed by atoms with van der Waals surface area (Å²) >= 11 is 0. The third kappa shape index (κ3) is 4.06. The number of nitrogens with zero attached hydrogens (tertiary/aromatic N) is 2. The summed E-state index contributed by atoms with van der Waals surface area (Å²) in [4.78, 5) is 17.2. The van der Waals surface area contributed by atoms with Crippen LogP contribution in [0.2, 0.25) is 0 Å². The quantitative estimate of drug-likeness (QED) is 0.812. The molecule has 4 heteroatoms. The number of amides is 1. The van der Waals surface area contributed by atoms with Gasteiger partial charge < -0.3 is 4.90 Å². The average molecular weight is 366 g/mol. The maximum Gasteiger partial charge on any atom is 0.223 e. The summed E-state index contributed by atoms with van der Waals surface area (Å²) in [6.07, 6.45) is 2.62. The molecule has 2 atom stereocenters. The molecule has 2 heterocycles. The van der Waals surface area contributed by atoms with Crippen molar-refractivity contribution < 1.29 is 9.18 Å². The van der Waals surface area contributed by atoms with E-state index >= 15 is 0 Å². The van der Waals surface area contributed by atoms with Crippen LogP contribution in [-0.2, 0) is 17.9 Å². The van der Waals surface area contributed by atoms with E-state index in [1.165, 1.54) is 23.3 Å². The largest absolute Gasteiger partial charge is 0.335 e. The van der Waals surface area contributed by atoms with Gasteiger partial charge in [-0.3, -0.25) is 9.69 Å². The van der Waals surface area contributed by atoms with E-state index in [4.69, 9.17) is 0 Å². The van der Waals surface area contributed by atoms with Crippen molar-refractivity contribution in [3.63, 3.8) is 0 Å². The summed E-state index contributed by atoms with van der Waals surface area (Å²) < 4.78 is 13.2. The van der Waals surface area contributed by atoms with Gasteiger partial charge in [-0.05, 0) is 54.5 Å². The molecule has 2 aliphatic rings. The van der Waals surface area contributed by atoms with Gasteiger partial charge in [0.2, 0.25) is 5.91 Å². The smallest absolute Gasteiger partial charge is 0.223 e. The van der Waals surface area contributed by atoms with Gasteiger partial charge in [-0.25, -0.2) is 4.39 Å². The highest BCUT2D eigenvalue weighted by molar-refractivity contribution is 5.77. The maximum atomic E-state index is 13.2. The van der Waals surface area contributed by atoms with Crippen LogP contribution >= 0.6 is 0 Å². The maximum absolute atomic E-state index is 13.2. The lowest BCUT2D eigenvalue weighted by atomic mass is 9.83. The number of piperidine rings is 2. The van der Waals surface area contributed by atoms with Crippen LogP contribution in [-0.4, -0.2) is 34.8 Å². The van der Waals surface area contributed by atoms with E-state index in [1.807, 2.05) is 4.90 Å². The number of likely N-dealkylation sites (tertiary alicyclic amines) is 2. The second-order valence-electron chi connectivity index (χ2n) is 7.96. The van der Waals surface area contributed by atoms with Crippen molar-refractivity contribution in [3.05, 3.63) is 71.0 Å². The predicted octanol–water partition coefficient (Wildman–Crippen LogP) is 4.15. The van der Waals surface area contributed by atoms with Crippen molar-refractivity contribution in [2.24, 2.45) is 5.92 Å². The second kappa shape index (κ2) is 7.81. The van der Waals surface area contributed by atoms with E-state index in [2.05, 4.69) is 36.1 Å². The van der Waals surface area contributed by atoms with Crippen LogP contribution in [0.3, 0.4) is 0 Å². The number of fused-ring (bicyclic) bond motifs is 1. The Labute approximate surface area is 160 Å². The first-order valence-electron chi connectivity index (χ1n) is 9.91. The van der Waals surface area contributed by atoms with E-state index in [0.717, 1.165) is 38.0 Å². The lowest BCUT2D eigenvalue weighted by molar-refractivity contribution is -0.142. The van der Waals surface area contributed by atoms with Crippen molar-refractivity contribution in [2.45, 2.75) is 45.3 Å². The lowest BCUT2D eigenvalue weighted by Gasteiger charge is -2.47. The second-order valence-corrected chi connectivity index (χ2v) is 7.96. The van der Waals surface area contributed by atoms with Crippen LogP contribution in [0.25, 0.3) is 0 Å². The number of aryl methyl sites for hydroxylation is 1. The first-order chi connectivity index (χ1) is 13.1. The fraction of sp³-hybridized carbons (Fsp3) is 0.435. The summed E-state index contributed by atoms with van der Waals surface area (Å²) in [5.41, 5.74) is 3.75. The van der Waals surface area contributed by atoms with Crippen molar-refractivity contribution in [1.82, 2.24) is 9.80 Å². The Bertz CT molecular complexity index is 804. The molecular formula is C23H27FN2O. The van der Waals surface area contributed by atoms with Gasteiger partial charge in [-0.2, -0.15) is 0 Å². The number of carbonyl (C=O) groups is 1. The average Bonchev–Trinajstić information content (AvgIpc) is 2.67. The Morgan fingerprint density at radius 1 is 1.04 bits per heavy atom. The molecule has 2 aromatic carbocycles. The lowest BCUT2D eigenvalue weighted by Crippen LogP contribution is -2.55. The summed E-state index contributed by atoms with van der Waals surface area (Å²) in [5, 5.41) is 0. The van der Waals surface area contributed by atoms with E-state index in [-0.39, 0.29) is 11.7 Å². The third-order valence-electron chi connectivity index (χ3n) is 6.15. The van der Waals surface area contributed by atoms with E-state index < -0.39 is 0 Å². The molecule has 2 aromatic rings. The predicted molar refractivity (Wildman–Crippen MR) is 105 cm³/mol. The minimum absolute atomic E-state index is 0.230. The third-order valence-corrected chi connectivity index (χ3v) is 6.15. The van der Waals surface area contributed by atoms with Gasteiger partial charge in [0, 0.05) is 38.6 Å². The Morgan fingerprint density at radius 2 is 1.81 bits per heavy atom. The standard InChI is InChI=1S/C23H27FN2O/c1-17-4-2-3-5-19(17)15-25-13-12-22-20(16-25)8-11-23(27)26(22)14-18-6-9-21(24)10-7-18/h2-7,9-10,20,22H,8,11-16H2,1H3/t20-,22+/m1/s1. The highest BCUT2D eigenvalue weighted by atomic mass is 19.1. The van der Waals surface area contributed by atoms with Crippen molar-refractivity contribution >= 4 is 5.91 Å². The van der Waals surface area contributed by atoms with Crippen LogP contribution in [0.5, 0.6) is 0 Å². The first kappa shape index (κ1) is 18.2. The van der Waals surface area contributed by atoms with Gasteiger partial charge in [-0.15, -0.1) is 0 Å². The topological polar surface area (TPSA) is 23.6 Å². The van der Waals surface area contributed by atoms with Gasteiger partial charge in [0.25, 0.3) is 0 Å². The molecule has 0 spiro atoms. The fourth-order valence-corrected chi connectivity index (χ4v) is 4.59. The Balaban J connectivity index is 1.43. The molecule has 0 saturated carbocycles. The molecule has 2 aliphatic heterocycles. The van der Waals surface area contributed by atoms with Gasteiger partial charge in [0.1, 0.15) is 5.82 Å². The molecule has 4 rings (SSSR count). The summed E-state index contributed by atoms with van der Waals surface area (Å²) in [5.74, 6) is 0.542. The normalized spacial score (nSPS) is 23.3. The number of halogens is 1. The minimum Gasteiger partial charge on any atom is -0.335 e. The number of benzene rings is 2. The summed E-state index contributed by atoms with van der Waals surface area (Å²) in [7, 11) is 0. The molecule has 3 nitrogen and oxygen atoms in total. The van der Waals surface area contributed by atoms with Crippen LogP contribution in [0.4, 0.5) is 4.39 Å². The molecule has 2 fully saturated rings. The summed E-state index contributed by atoms with van der Waals surface area (Å²) in [6.45, 7) is 5.82. The first-order valence-corrected chi connectivity index (χ1v) is 9.91. The van der Waals surface area contributed by atoms with Gasteiger partial charge >= 0.3 is 0 Å². The van der Waals surface area contributed by atoms with Crippen molar-refractivity contribution in [1.29, 1.82) is 0 Å². The molecule has 2 saturated heterocycles. The Morgan fingerprint density at radius 3 is 2.59 bits per heavy atom. The van der Waals surface area contributed by atoms with Gasteiger partial charge in [-0.1, -0.05) is 36.4 Å². The van der Waals surface area contributed by atoms with Crippen molar-refractivity contribution in [3.8, 4) is 0 Å². The van der Waals surface area contributed by atoms with Crippen LogP contribution in [0.1, 0.15) is 36.0 Å². The van der Waals surface area contributed by atoms with Crippen LogP contribution in [0.15, 0.2) is 48.5 Å². The number of rotatable bonds is 4. The monoisotopic (exact) mass is 366 g/mol. The molecule has 0 aliphatic carbocycles. The zero-order valence-electron chi connectivity index (χ0n) is 15.9. The molecular weight excluding hydrogens is 339 g/mol.